The van der Waals surface area contributed by atoms with Gasteiger partial charge in [0.1, 0.15) is 33.7 Å². The van der Waals surface area contributed by atoms with E-state index in [2.05, 4.69) is 9.97 Å². The number of aromatic nitrogens is 16. The normalized spacial score (nSPS) is 12.4. The minimum absolute atomic E-state index is 0.268. The number of hydrogen-bond donors (Lipinski definition) is 2. The highest BCUT2D eigenvalue weighted by molar-refractivity contribution is 6.23. The Morgan fingerprint density at radius 1 is 0.250 bits per heavy atom. The Morgan fingerprint density at radius 2 is 0.594 bits per heavy atom. The van der Waals surface area contributed by atoms with E-state index in [1.807, 2.05) is 97.1 Å². The summed E-state index contributed by atoms with van der Waals surface area (Å²) in [5, 5.41) is 4.90. The van der Waals surface area contributed by atoms with E-state index in [1.165, 1.54) is 0 Å². The third-order valence-electron chi connectivity index (χ3n) is 12.0. The molecule has 0 unspecified atom stereocenters. The van der Waals surface area contributed by atoms with Crippen molar-refractivity contribution < 1.29 is 0 Å². The lowest BCUT2D eigenvalue weighted by molar-refractivity contribution is 1.18. The third-order valence-corrected chi connectivity index (χ3v) is 12.0. The summed E-state index contributed by atoms with van der Waals surface area (Å²) < 4.78 is 0. The second-order valence-electron chi connectivity index (χ2n) is 15.5. The molecule has 16 nitrogen and oxygen atoms in total. The average molecular weight is 823 g/mol. The molecule has 4 aromatic carbocycles. The lowest BCUT2D eigenvalue weighted by Crippen LogP contribution is -1.96. The van der Waals surface area contributed by atoms with Gasteiger partial charge in [-0.05, 0) is 48.5 Å². The van der Waals surface area contributed by atoms with Gasteiger partial charge in [-0.3, -0.25) is 19.9 Å². The summed E-state index contributed by atoms with van der Waals surface area (Å²) >= 11 is 0. The molecule has 294 valence electrons. The zero-order chi connectivity index (χ0) is 41.6. The molecular formula is C48H22N16. The number of rotatable bonds is 0. The topological polar surface area (TPSA) is 212 Å². The molecule has 0 amide bonds. The van der Waals surface area contributed by atoms with Crippen molar-refractivity contribution in [1.82, 2.24) is 79.7 Å². The first-order chi connectivity index (χ1) is 31.7. The first-order valence-electron chi connectivity index (χ1n) is 20.4. The molecule has 2 N–H and O–H groups in total. The van der Waals surface area contributed by atoms with E-state index in [9.17, 15) is 0 Å². The number of pyridine rings is 4. The maximum absolute atomic E-state index is 5.34. The third kappa shape index (κ3) is 4.48. The van der Waals surface area contributed by atoms with Gasteiger partial charge in [0.15, 0.2) is 34.6 Å². The quantitative estimate of drug-likeness (QED) is 0.137. The number of hydrogen-bond acceptors (Lipinski definition) is 14. The summed E-state index contributed by atoms with van der Waals surface area (Å²) in [6.45, 7) is 0. The van der Waals surface area contributed by atoms with Crippen molar-refractivity contribution in [3.63, 3.8) is 0 Å². The Kier molecular flexibility index (Phi) is 6.30. The van der Waals surface area contributed by atoms with Crippen molar-refractivity contribution in [1.29, 1.82) is 0 Å². The summed E-state index contributed by atoms with van der Waals surface area (Å²) in [5.74, 6) is 1.52. The maximum Gasteiger partial charge on any atom is 0.184 e. The van der Waals surface area contributed by atoms with E-state index < -0.39 is 0 Å². The van der Waals surface area contributed by atoms with Crippen molar-refractivity contribution >= 4 is 110 Å². The molecule has 9 aromatic heterocycles. The standard InChI is InChI=1S/C48H22N16/c1-3-11-23-21(9-1)41-57-42-22-10-2-4-12-24(22)44(59-42)61-46-38-40(56-36-28-16-8-20-52-32(28)30-26(34(36)54-38)14-6-18-50-30)48(63-46)64-47-39-37(45(62-47)60-43(23)58-41)53-33-25-13-5-17-49-29(25)31-27(35(33)55-39)15-7-19-51-31/h1-20H,(H2,57,58,59,60,61,62,63,64). The van der Waals surface area contributed by atoms with Crippen LogP contribution in [0.2, 0.25) is 0 Å². The minimum atomic E-state index is 0.268. The van der Waals surface area contributed by atoms with Crippen LogP contribution in [-0.4, -0.2) is 79.7 Å². The molecular weight excluding hydrogens is 801 g/mol. The predicted octanol–water partition coefficient (Wildman–Crippen LogP) is 8.95. The van der Waals surface area contributed by atoms with Gasteiger partial charge in [0.25, 0.3) is 0 Å². The SMILES string of the molecule is c1ccc2c(c1)-c1nc-2nc2[nH]c(nc3nc(nc4[nH]c(n1)c1ccccc41)-c1nc4c5cccnc5c5ncccc5c4nc1-3)c1nc3c4cccnc4c4ncccc4c3nc21. The van der Waals surface area contributed by atoms with Crippen LogP contribution in [0.5, 0.6) is 0 Å². The van der Waals surface area contributed by atoms with E-state index in [0.717, 1.165) is 54.5 Å². The molecule has 64 heavy (non-hydrogen) atoms. The van der Waals surface area contributed by atoms with Crippen molar-refractivity contribution in [2.24, 2.45) is 0 Å². The first kappa shape index (κ1) is 33.3. The van der Waals surface area contributed by atoms with Gasteiger partial charge in [-0.25, -0.2) is 49.8 Å². The highest BCUT2D eigenvalue weighted by Crippen LogP contribution is 2.40. The van der Waals surface area contributed by atoms with E-state index >= 15 is 0 Å². The van der Waals surface area contributed by atoms with Crippen LogP contribution in [0.25, 0.3) is 156 Å². The number of nitrogens with zero attached hydrogens (tertiary/aromatic N) is 14. The zero-order valence-electron chi connectivity index (χ0n) is 32.8. The molecule has 0 saturated carbocycles. The summed E-state index contributed by atoms with van der Waals surface area (Å²) in [6.07, 6.45) is 7.02. The highest BCUT2D eigenvalue weighted by atomic mass is 15.1. The first-order valence-corrected chi connectivity index (χ1v) is 20.4. The Labute approximate surface area is 356 Å². The van der Waals surface area contributed by atoms with Crippen LogP contribution in [-0.2, 0) is 0 Å². The molecule has 2 aliphatic heterocycles. The van der Waals surface area contributed by atoms with Crippen LogP contribution in [0.4, 0.5) is 0 Å². The zero-order valence-corrected chi connectivity index (χ0v) is 32.8. The summed E-state index contributed by atoms with van der Waals surface area (Å²) in [6, 6.07) is 31.3. The van der Waals surface area contributed by atoms with Gasteiger partial charge >= 0.3 is 0 Å². The van der Waals surface area contributed by atoms with Crippen molar-refractivity contribution in [2.75, 3.05) is 0 Å². The number of fused-ring (bicyclic) bond motifs is 32. The molecule has 8 bridgehead atoms. The van der Waals surface area contributed by atoms with Crippen LogP contribution in [0, 0.1) is 0 Å². The van der Waals surface area contributed by atoms with Gasteiger partial charge < -0.3 is 9.97 Å². The second kappa shape index (κ2) is 12.1. The second-order valence-corrected chi connectivity index (χ2v) is 15.5. The molecule has 0 atom stereocenters. The molecule has 2 aliphatic rings. The fourth-order valence-electron chi connectivity index (χ4n) is 9.17. The molecule has 11 heterocycles. The van der Waals surface area contributed by atoms with Crippen molar-refractivity contribution in [3.05, 3.63) is 122 Å². The number of benzene rings is 4. The predicted molar refractivity (Wildman–Crippen MR) is 243 cm³/mol. The molecule has 0 saturated heterocycles. The molecule has 0 radical (unpaired) electrons. The van der Waals surface area contributed by atoms with Gasteiger partial charge in [-0.2, -0.15) is 0 Å². The minimum Gasteiger partial charge on any atom is -0.324 e. The molecule has 0 fully saturated rings. The number of H-pyrrole nitrogens is 2. The van der Waals surface area contributed by atoms with Gasteiger partial charge in [0, 0.05) is 68.2 Å². The molecule has 16 heteroatoms. The van der Waals surface area contributed by atoms with E-state index in [-0.39, 0.29) is 5.82 Å². The Morgan fingerprint density at radius 3 is 1.06 bits per heavy atom. The molecule has 0 aliphatic carbocycles. The Bertz CT molecular complexity index is 4470. The van der Waals surface area contributed by atoms with Gasteiger partial charge in [0.05, 0.1) is 44.1 Å². The maximum atomic E-state index is 5.34. The summed E-state index contributed by atoms with van der Waals surface area (Å²) in [5.41, 5.74) is 10.7. The lowest BCUT2D eigenvalue weighted by Gasteiger charge is -2.09. The Hall–Kier alpha value is -9.44. The van der Waals surface area contributed by atoms with E-state index in [1.54, 1.807) is 24.8 Å². The highest BCUT2D eigenvalue weighted by Gasteiger charge is 2.28. The van der Waals surface area contributed by atoms with Crippen LogP contribution < -0.4 is 0 Å². The van der Waals surface area contributed by atoms with Crippen molar-refractivity contribution in [2.45, 2.75) is 0 Å². The number of nitrogens with one attached hydrogen (secondary N) is 2. The lowest BCUT2D eigenvalue weighted by atomic mass is 10.1. The smallest absolute Gasteiger partial charge is 0.184 e. The largest absolute Gasteiger partial charge is 0.324 e. The average Bonchev–Trinajstić information content (AvgIpc) is 4.08. The van der Waals surface area contributed by atoms with Crippen molar-refractivity contribution in [3.8, 4) is 45.8 Å². The van der Waals surface area contributed by atoms with Crippen LogP contribution >= 0.6 is 0 Å². The molecule has 15 rings (SSSR count). The Balaban J connectivity index is 1.15. The summed E-state index contributed by atoms with van der Waals surface area (Å²) in [7, 11) is 0. The fourth-order valence-corrected chi connectivity index (χ4v) is 9.17. The van der Waals surface area contributed by atoms with Gasteiger partial charge in [-0.15, -0.1) is 0 Å². The van der Waals surface area contributed by atoms with Crippen LogP contribution in [0.15, 0.2) is 122 Å². The monoisotopic (exact) mass is 822 g/mol. The van der Waals surface area contributed by atoms with Crippen LogP contribution in [0.1, 0.15) is 0 Å². The number of aromatic amines is 2. The van der Waals surface area contributed by atoms with E-state index in [0.29, 0.717) is 95.6 Å². The fraction of sp³-hybridized carbons (Fsp3) is 0. The molecule has 0 spiro atoms. The van der Waals surface area contributed by atoms with Gasteiger partial charge in [0.2, 0.25) is 0 Å². The van der Waals surface area contributed by atoms with E-state index in [4.69, 9.17) is 69.8 Å². The summed E-state index contributed by atoms with van der Waals surface area (Å²) in [4.78, 5) is 78.2. The van der Waals surface area contributed by atoms with Crippen LogP contribution in [0.3, 0.4) is 0 Å². The molecule has 13 aromatic rings. The van der Waals surface area contributed by atoms with Gasteiger partial charge in [-0.1, -0.05) is 48.5 Å².